The number of hydrogen-bond acceptors (Lipinski definition) is 5. The number of amides is 1. The molecule has 8 nitrogen and oxygen atoms in total. The maximum atomic E-state index is 12.5. The van der Waals surface area contributed by atoms with Crippen molar-refractivity contribution in [2.75, 3.05) is 0 Å². The summed E-state index contributed by atoms with van der Waals surface area (Å²) in [5, 5.41) is 15.5. The third kappa shape index (κ3) is 3.02. The first-order valence-electron chi connectivity index (χ1n) is 8.01. The van der Waals surface area contributed by atoms with Crippen molar-refractivity contribution in [1.29, 1.82) is 0 Å². The van der Waals surface area contributed by atoms with Crippen LogP contribution < -0.4 is 10.9 Å². The highest BCUT2D eigenvalue weighted by Gasteiger charge is 2.20. The zero-order valence-electron chi connectivity index (χ0n) is 14.6. The van der Waals surface area contributed by atoms with Gasteiger partial charge in [-0.05, 0) is 32.9 Å². The van der Waals surface area contributed by atoms with Crippen LogP contribution in [0.1, 0.15) is 29.9 Å². The molecule has 8 heteroatoms. The Kier molecular flexibility index (Phi) is 4.35. The Hall–Kier alpha value is -3.03. The fourth-order valence-electron chi connectivity index (χ4n) is 2.76. The highest BCUT2D eigenvalue weighted by Crippen LogP contribution is 2.12. The van der Waals surface area contributed by atoms with Gasteiger partial charge in [0.15, 0.2) is 0 Å². The lowest BCUT2D eigenvalue weighted by atomic mass is 10.2. The minimum Gasteiger partial charge on any atom is -0.350 e. The van der Waals surface area contributed by atoms with Gasteiger partial charge in [-0.2, -0.15) is 9.78 Å². The van der Waals surface area contributed by atoms with Crippen molar-refractivity contribution in [2.24, 2.45) is 7.05 Å². The van der Waals surface area contributed by atoms with E-state index in [9.17, 15) is 9.59 Å². The van der Waals surface area contributed by atoms with Gasteiger partial charge >= 0.3 is 0 Å². The van der Waals surface area contributed by atoms with E-state index in [0.717, 1.165) is 21.6 Å². The van der Waals surface area contributed by atoms with Gasteiger partial charge in [-0.25, -0.2) is 0 Å². The number of nitrogens with zero attached hydrogens (tertiary/aromatic N) is 5. The van der Waals surface area contributed by atoms with Gasteiger partial charge in [-0.3, -0.25) is 14.3 Å². The third-order valence-corrected chi connectivity index (χ3v) is 4.44. The SMILES string of the molecule is Cc1nn(C)c(C)c1CNC(=O)C(C)n1nnc2ccccc2c1=O. The number of nitrogens with one attached hydrogen (secondary N) is 1. The molecule has 2 aromatic heterocycles. The summed E-state index contributed by atoms with van der Waals surface area (Å²) in [5.41, 5.74) is 3.02. The number of benzene rings is 1. The summed E-state index contributed by atoms with van der Waals surface area (Å²) in [4.78, 5) is 25.0. The molecule has 25 heavy (non-hydrogen) atoms. The Morgan fingerprint density at radius 3 is 2.68 bits per heavy atom. The lowest BCUT2D eigenvalue weighted by Gasteiger charge is -2.14. The van der Waals surface area contributed by atoms with E-state index < -0.39 is 6.04 Å². The molecule has 1 aromatic carbocycles. The number of aromatic nitrogens is 5. The van der Waals surface area contributed by atoms with E-state index in [1.165, 1.54) is 0 Å². The minimum atomic E-state index is -0.762. The van der Waals surface area contributed by atoms with Crippen LogP contribution in [-0.2, 0) is 18.4 Å². The van der Waals surface area contributed by atoms with Crippen molar-refractivity contribution in [3.05, 3.63) is 51.6 Å². The molecule has 130 valence electrons. The van der Waals surface area contributed by atoms with Crippen LogP contribution in [0.25, 0.3) is 10.9 Å². The molecule has 1 unspecified atom stereocenters. The van der Waals surface area contributed by atoms with Crippen LogP contribution in [-0.4, -0.2) is 30.7 Å². The zero-order valence-corrected chi connectivity index (χ0v) is 14.6. The number of carbonyl (C=O) groups excluding carboxylic acids is 1. The summed E-state index contributed by atoms with van der Waals surface area (Å²) < 4.78 is 2.89. The maximum absolute atomic E-state index is 12.5. The second-order valence-electron chi connectivity index (χ2n) is 6.02. The molecule has 1 atom stereocenters. The molecule has 0 spiro atoms. The largest absolute Gasteiger partial charge is 0.350 e. The summed E-state index contributed by atoms with van der Waals surface area (Å²) in [5.74, 6) is -0.297. The molecule has 0 saturated heterocycles. The molecule has 0 bridgehead atoms. The standard InChI is InChI=1S/C17H20N6O2/c1-10-14(11(2)22(4)20-10)9-18-16(24)12(3)23-17(25)13-7-5-6-8-15(13)19-21-23/h5-8,12H,9H2,1-4H3,(H,18,24). The Labute approximate surface area is 144 Å². The first kappa shape index (κ1) is 16.8. The minimum absolute atomic E-state index is 0.297. The fourth-order valence-corrected chi connectivity index (χ4v) is 2.76. The van der Waals surface area contributed by atoms with Crippen LogP contribution in [0.5, 0.6) is 0 Å². The van der Waals surface area contributed by atoms with E-state index in [1.54, 1.807) is 35.9 Å². The molecule has 0 radical (unpaired) electrons. The molecule has 1 amide bonds. The Morgan fingerprint density at radius 2 is 2.00 bits per heavy atom. The predicted molar refractivity (Wildman–Crippen MR) is 93.0 cm³/mol. The molecule has 0 aliphatic heterocycles. The monoisotopic (exact) mass is 340 g/mol. The van der Waals surface area contributed by atoms with Crippen molar-refractivity contribution in [3.63, 3.8) is 0 Å². The predicted octanol–water partition coefficient (Wildman–Crippen LogP) is 1.02. The Bertz CT molecular complexity index is 1000. The second-order valence-corrected chi connectivity index (χ2v) is 6.02. The normalized spacial score (nSPS) is 12.3. The van der Waals surface area contributed by atoms with Crippen LogP contribution in [0.15, 0.2) is 29.1 Å². The van der Waals surface area contributed by atoms with Gasteiger partial charge in [-0.15, -0.1) is 5.10 Å². The summed E-state index contributed by atoms with van der Waals surface area (Å²) in [7, 11) is 1.86. The lowest BCUT2D eigenvalue weighted by Crippen LogP contribution is -2.37. The molecule has 2 heterocycles. The number of rotatable bonds is 4. The molecule has 0 aliphatic rings. The molecule has 0 saturated carbocycles. The van der Waals surface area contributed by atoms with Gasteiger partial charge in [-0.1, -0.05) is 17.3 Å². The Balaban J connectivity index is 1.81. The first-order chi connectivity index (χ1) is 11.9. The van der Waals surface area contributed by atoms with Crippen LogP contribution in [0.4, 0.5) is 0 Å². The highest BCUT2D eigenvalue weighted by atomic mass is 16.2. The number of fused-ring (bicyclic) bond motifs is 1. The van der Waals surface area contributed by atoms with Gasteiger partial charge in [0.2, 0.25) is 5.91 Å². The molecule has 0 fully saturated rings. The summed E-state index contributed by atoms with van der Waals surface area (Å²) in [6.07, 6.45) is 0. The van der Waals surface area contributed by atoms with E-state index in [2.05, 4.69) is 20.7 Å². The maximum Gasteiger partial charge on any atom is 0.278 e. The third-order valence-electron chi connectivity index (χ3n) is 4.44. The zero-order chi connectivity index (χ0) is 18.1. The van der Waals surface area contributed by atoms with Gasteiger partial charge in [0, 0.05) is 24.8 Å². The number of hydrogen-bond donors (Lipinski definition) is 1. The molecular weight excluding hydrogens is 320 g/mol. The van der Waals surface area contributed by atoms with Crippen LogP contribution in [0.2, 0.25) is 0 Å². The molecule has 0 aliphatic carbocycles. The number of carbonyl (C=O) groups is 1. The van der Waals surface area contributed by atoms with Crippen LogP contribution >= 0.6 is 0 Å². The van der Waals surface area contributed by atoms with Gasteiger partial charge in [0.25, 0.3) is 5.56 Å². The lowest BCUT2D eigenvalue weighted by molar-refractivity contribution is -0.124. The van der Waals surface area contributed by atoms with E-state index >= 15 is 0 Å². The van der Waals surface area contributed by atoms with Crippen molar-refractivity contribution in [1.82, 2.24) is 30.1 Å². The van der Waals surface area contributed by atoms with Crippen LogP contribution in [0, 0.1) is 13.8 Å². The van der Waals surface area contributed by atoms with E-state index in [-0.39, 0.29) is 11.5 Å². The van der Waals surface area contributed by atoms with Crippen molar-refractivity contribution >= 4 is 16.8 Å². The fraction of sp³-hybridized carbons (Fsp3) is 0.353. The highest BCUT2D eigenvalue weighted by molar-refractivity contribution is 5.81. The molecule has 3 aromatic rings. The van der Waals surface area contributed by atoms with Crippen molar-refractivity contribution in [2.45, 2.75) is 33.4 Å². The van der Waals surface area contributed by atoms with Crippen molar-refractivity contribution in [3.8, 4) is 0 Å². The molecule has 3 rings (SSSR count). The topological polar surface area (TPSA) is 94.7 Å². The van der Waals surface area contributed by atoms with Gasteiger partial charge in [0.05, 0.1) is 11.1 Å². The summed E-state index contributed by atoms with van der Waals surface area (Å²) in [6.45, 7) is 5.83. The average Bonchev–Trinajstić information content (AvgIpc) is 2.85. The number of aryl methyl sites for hydroxylation is 2. The van der Waals surface area contributed by atoms with Crippen LogP contribution in [0.3, 0.4) is 0 Å². The molecular formula is C17H20N6O2. The van der Waals surface area contributed by atoms with Gasteiger partial charge < -0.3 is 5.32 Å². The van der Waals surface area contributed by atoms with E-state index in [1.807, 2.05) is 20.9 Å². The first-order valence-corrected chi connectivity index (χ1v) is 8.01. The summed E-state index contributed by atoms with van der Waals surface area (Å²) in [6, 6.07) is 6.17. The second kappa shape index (κ2) is 6.46. The quantitative estimate of drug-likeness (QED) is 0.765. The van der Waals surface area contributed by atoms with E-state index in [0.29, 0.717) is 17.4 Å². The smallest absolute Gasteiger partial charge is 0.278 e. The summed E-state index contributed by atoms with van der Waals surface area (Å²) >= 11 is 0. The van der Waals surface area contributed by atoms with Gasteiger partial charge in [0.1, 0.15) is 11.6 Å². The Morgan fingerprint density at radius 1 is 1.28 bits per heavy atom. The average molecular weight is 340 g/mol. The van der Waals surface area contributed by atoms with E-state index in [4.69, 9.17) is 0 Å². The molecule has 1 N–H and O–H groups in total. The van der Waals surface area contributed by atoms with Crippen molar-refractivity contribution < 1.29 is 4.79 Å².